The van der Waals surface area contributed by atoms with Crippen molar-refractivity contribution in [2.45, 2.75) is 56.9 Å². The molecule has 1 aromatic heterocycles. The topological polar surface area (TPSA) is 29.9 Å². The van der Waals surface area contributed by atoms with Gasteiger partial charge in [-0.1, -0.05) is 30.9 Å². The molecular weight excluding hydrogens is 258 g/mol. The van der Waals surface area contributed by atoms with Gasteiger partial charge in [0.25, 0.3) is 0 Å². The molecule has 3 nitrogen and oxygen atoms in total. The highest BCUT2D eigenvalue weighted by Gasteiger charge is 2.30. The zero-order valence-electron chi connectivity index (χ0n) is 11.7. The summed E-state index contributed by atoms with van der Waals surface area (Å²) in [6.07, 6.45) is 11.2. The van der Waals surface area contributed by atoms with Gasteiger partial charge in [-0.3, -0.25) is 4.68 Å². The Bertz CT molecular complexity index is 406. The van der Waals surface area contributed by atoms with E-state index < -0.39 is 0 Å². The maximum Gasteiger partial charge on any atom is 0.0820 e. The van der Waals surface area contributed by atoms with Crippen molar-refractivity contribution in [3.8, 4) is 0 Å². The van der Waals surface area contributed by atoms with Crippen LogP contribution in [0.5, 0.6) is 0 Å². The first-order chi connectivity index (χ1) is 9.25. The zero-order valence-corrected chi connectivity index (χ0v) is 12.5. The van der Waals surface area contributed by atoms with Crippen LogP contribution in [0.3, 0.4) is 0 Å². The molecule has 0 aromatic carbocycles. The minimum Gasteiger partial charge on any atom is -0.314 e. The van der Waals surface area contributed by atoms with E-state index in [-0.39, 0.29) is 0 Å². The van der Waals surface area contributed by atoms with E-state index in [0.717, 1.165) is 23.5 Å². The van der Waals surface area contributed by atoms with Crippen LogP contribution in [0.2, 0.25) is 5.02 Å². The van der Waals surface area contributed by atoms with Crippen LogP contribution >= 0.6 is 11.6 Å². The Kier molecular flexibility index (Phi) is 4.13. The first-order valence-electron chi connectivity index (χ1n) is 7.66. The van der Waals surface area contributed by atoms with E-state index in [1.165, 1.54) is 50.6 Å². The van der Waals surface area contributed by atoms with Crippen LogP contribution in [0, 0.1) is 5.92 Å². The summed E-state index contributed by atoms with van der Waals surface area (Å²) in [6.45, 7) is 1.15. The van der Waals surface area contributed by atoms with Crippen molar-refractivity contribution in [3.05, 3.63) is 16.9 Å². The maximum atomic E-state index is 6.37. The minimum atomic E-state index is 0.578. The Morgan fingerprint density at radius 1 is 1.26 bits per heavy atom. The Hall–Kier alpha value is -0.540. The lowest BCUT2D eigenvalue weighted by Gasteiger charge is -2.26. The smallest absolute Gasteiger partial charge is 0.0820 e. The van der Waals surface area contributed by atoms with Gasteiger partial charge in [-0.25, -0.2) is 0 Å². The quantitative estimate of drug-likeness (QED) is 0.856. The summed E-state index contributed by atoms with van der Waals surface area (Å²) in [5.74, 6) is 1.30. The zero-order chi connectivity index (χ0) is 13.2. The fourth-order valence-electron chi connectivity index (χ4n) is 3.43. The Balaban J connectivity index is 1.76. The van der Waals surface area contributed by atoms with Crippen molar-refractivity contribution in [3.63, 3.8) is 0 Å². The Morgan fingerprint density at radius 2 is 2.05 bits per heavy atom. The molecule has 2 aliphatic rings. The third-order valence-electron chi connectivity index (χ3n) is 4.69. The standard InChI is InChI=1S/C15H24ClN3/c1-19-15(14(16)10-18-19)13-6-4-2-3-5-11(13)9-17-12-7-8-12/h10-13,17H,2-9H2,1H3. The van der Waals surface area contributed by atoms with E-state index in [9.17, 15) is 0 Å². The summed E-state index contributed by atoms with van der Waals surface area (Å²) in [6, 6.07) is 0.797. The van der Waals surface area contributed by atoms with Gasteiger partial charge in [0.15, 0.2) is 0 Å². The molecule has 0 aliphatic heterocycles. The van der Waals surface area contributed by atoms with E-state index in [4.69, 9.17) is 11.6 Å². The van der Waals surface area contributed by atoms with E-state index in [0.29, 0.717) is 5.92 Å². The SMILES string of the molecule is Cn1ncc(Cl)c1C1CCCCCC1CNC1CC1. The van der Waals surface area contributed by atoms with Gasteiger partial charge in [-0.2, -0.15) is 5.10 Å². The Morgan fingerprint density at radius 3 is 2.74 bits per heavy atom. The van der Waals surface area contributed by atoms with Crippen molar-refractivity contribution in [1.82, 2.24) is 15.1 Å². The highest BCUT2D eigenvalue weighted by atomic mass is 35.5. The molecule has 2 atom stereocenters. The van der Waals surface area contributed by atoms with E-state index in [1.807, 2.05) is 11.7 Å². The molecule has 4 heteroatoms. The normalized spacial score (nSPS) is 28.3. The van der Waals surface area contributed by atoms with Gasteiger partial charge >= 0.3 is 0 Å². The summed E-state index contributed by atoms with van der Waals surface area (Å²) in [4.78, 5) is 0. The summed E-state index contributed by atoms with van der Waals surface area (Å²) in [5, 5.41) is 8.89. The maximum absolute atomic E-state index is 6.37. The lowest BCUT2D eigenvalue weighted by molar-refractivity contribution is 0.360. The van der Waals surface area contributed by atoms with E-state index >= 15 is 0 Å². The molecule has 0 radical (unpaired) electrons. The minimum absolute atomic E-state index is 0.578. The van der Waals surface area contributed by atoms with Crippen molar-refractivity contribution in [2.24, 2.45) is 13.0 Å². The van der Waals surface area contributed by atoms with Gasteiger partial charge in [0.05, 0.1) is 16.9 Å². The monoisotopic (exact) mass is 281 g/mol. The number of hydrogen-bond acceptors (Lipinski definition) is 2. The predicted octanol–water partition coefficient (Wildman–Crippen LogP) is 3.49. The van der Waals surface area contributed by atoms with Crippen LogP contribution in [-0.4, -0.2) is 22.4 Å². The fourth-order valence-corrected chi connectivity index (χ4v) is 3.74. The molecule has 1 heterocycles. The molecule has 0 spiro atoms. The van der Waals surface area contributed by atoms with Crippen LogP contribution in [0.4, 0.5) is 0 Å². The predicted molar refractivity (Wildman–Crippen MR) is 78.6 cm³/mol. The second-order valence-corrected chi connectivity index (χ2v) is 6.60. The lowest BCUT2D eigenvalue weighted by Crippen LogP contribution is -2.29. The molecule has 2 fully saturated rings. The third kappa shape index (κ3) is 3.14. The highest BCUT2D eigenvalue weighted by molar-refractivity contribution is 6.31. The van der Waals surface area contributed by atoms with Gasteiger partial charge in [-0.15, -0.1) is 0 Å². The summed E-state index contributed by atoms with van der Waals surface area (Å²) >= 11 is 6.37. The van der Waals surface area contributed by atoms with Crippen LogP contribution in [0.1, 0.15) is 56.6 Å². The summed E-state index contributed by atoms with van der Waals surface area (Å²) in [5.41, 5.74) is 1.26. The highest BCUT2D eigenvalue weighted by Crippen LogP contribution is 2.39. The lowest BCUT2D eigenvalue weighted by atomic mass is 9.85. The number of nitrogens with one attached hydrogen (secondary N) is 1. The van der Waals surface area contributed by atoms with Gasteiger partial charge in [0.2, 0.25) is 0 Å². The van der Waals surface area contributed by atoms with Gasteiger partial charge < -0.3 is 5.32 Å². The van der Waals surface area contributed by atoms with Crippen molar-refractivity contribution in [1.29, 1.82) is 0 Å². The second kappa shape index (κ2) is 5.84. The number of aryl methyl sites for hydroxylation is 1. The van der Waals surface area contributed by atoms with E-state index in [1.54, 1.807) is 6.20 Å². The number of rotatable bonds is 4. The largest absolute Gasteiger partial charge is 0.314 e. The molecule has 0 bridgehead atoms. The third-order valence-corrected chi connectivity index (χ3v) is 4.99. The fraction of sp³-hybridized carbons (Fsp3) is 0.800. The second-order valence-electron chi connectivity index (χ2n) is 6.19. The van der Waals surface area contributed by atoms with Crippen molar-refractivity contribution in [2.75, 3.05) is 6.54 Å². The van der Waals surface area contributed by atoms with Crippen LogP contribution < -0.4 is 5.32 Å². The first-order valence-corrected chi connectivity index (χ1v) is 8.04. The van der Waals surface area contributed by atoms with Gasteiger partial charge in [-0.05, 0) is 38.1 Å². The molecule has 0 amide bonds. The number of hydrogen-bond donors (Lipinski definition) is 1. The molecule has 0 saturated heterocycles. The molecule has 3 rings (SSSR count). The molecule has 19 heavy (non-hydrogen) atoms. The molecule has 106 valence electrons. The number of aromatic nitrogens is 2. The molecule has 2 unspecified atom stereocenters. The Labute approximate surface area is 120 Å². The molecule has 1 N–H and O–H groups in total. The average molecular weight is 282 g/mol. The van der Waals surface area contributed by atoms with Crippen molar-refractivity contribution < 1.29 is 0 Å². The average Bonchev–Trinajstić information content (AvgIpc) is 3.18. The van der Waals surface area contributed by atoms with Crippen molar-refractivity contribution >= 4 is 11.6 Å². The number of nitrogens with zero attached hydrogens (tertiary/aromatic N) is 2. The number of halogens is 1. The molecule has 2 aliphatic carbocycles. The summed E-state index contributed by atoms with van der Waals surface area (Å²) in [7, 11) is 2.03. The molecular formula is C15H24ClN3. The van der Waals surface area contributed by atoms with Crippen LogP contribution in [0.25, 0.3) is 0 Å². The van der Waals surface area contributed by atoms with Crippen LogP contribution in [-0.2, 0) is 7.05 Å². The van der Waals surface area contributed by atoms with Gasteiger partial charge in [0.1, 0.15) is 0 Å². The first kappa shape index (κ1) is 13.4. The molecule has 2 saturated carbocycles. The van der Waals surface area contributed by atoms with Gasteiger partial charge in [0, 0.05) is 19.0 Å². The van der Waals surface area contributed by atoms with E-state index in [2.05, 4.69) is 10.4 Å². The van der Waals surface area contributed by atoms with Crippen LogP contribution in [0.15, 0.2) is 6.20 Å². The summed E-state index contributed by atoms with van der Waals surface area (Å²) < 4.78 is 1.99. The molecule has 1 aromatic rings.